The summed E-state index contributed by atoms with van der Waals surface area (Å²) < 4.78 is 67.2. The van der Waals surface area contributed by atoms with Crippen LogP contribution >= 0.6 is 0 Å². The van der Waals surface area contributed by atoms with Gasteiger partial charge in [0.05, 0.1) is 16.6 Å². The number of alkyl halides is 3. The number of hydrogen-bond acceptors (Lipinski definition) is 6. The van der Waals surface area contributed by atoms with E-state index in [1.54, 1.807) is 22.6 Å². The minimum absolute atomic E-state index is 0.0781. The van der Waals surface area contributed by atoms with Gasteiger partial charge in [0, 0.05) is 25.2 Å². The molecule has 3 aromatic heterocycles. The topological polar surface area (TPSA) is 114 Å². The smallest absolute Gasteiger partial charge is 0.329 e. The van der Waals surface area contributed by atoms with Gasteiger partial charge in [-0.2, -0.15) is 13.2 Å². The fraction of sp³-hybridized carbons (Fsp3) is 0.391. The molecule has 1 saturated heterocycles. The summed E-state index contributed by atoms with van der Waals surface area (Å²) in [5.74, 6) is 0.0933. The second kappa shape index (κ2) is 9.01. The molecule has 2 atom stereocenters. The number of halogens is 3. The van der Waals surface area contributed by atoms with Gasteiger partial charge in [-0.1, -0.05) is 31.0 Å². The zero-order valence-electron chi connectivity index (χ0n) is 20.0. The third kappa shape index (κ3) is 4.49. The predicted molar refractivity (Wildman–Crippen MR) is 128 cm³/mol. The number of nitrogens with zero attached hydrogens (tertiary/aromatic N) is 6. The summed E-state index contributed by atoms with van der Waals surface area (Å²) in [6, 6.07) is 7.30. The number of likely N-dealkylation sites (tertiary alicyclic amines) is 1. The van der Waals surface area contributed by atoms with E-state index in [-0.39, 0.29) is 35.5 Å². The Morgan fingerprint density at radius 2 is 1.86 bits per heavy atom. The monoisotopic (exact) mass is 535 g/mol. The summed E-state index contributed by atoms with van der Waals surface area (Å²) in [7, 11) is -3.93. The Morgan fingerprint density at radius 1 is 1.14 bits per heavy atom. The van der Waals surface area contributed by atoms with Crippen LogP contribution in [0.1, 0.15) is 30.7 Å². The van der Waals surface area contributed by atoms with E-state index in [2.05, 4.69) is 15.2 Å². The highest BCUT2D eigenvalue weighted by Gasteiger charge is 2.39. The molecule has 2 amide bonds. The second-order valence-corrected chi connectivity index (χ2v) is 10.9. The van der Waals surface area contributed by atoms with E-state index in [1.165, 1.54) is 29.4 Å². The van der Waals surface area contributed by atoms with Gasteiger partial charge in [-0.25, -0.2) is 22.2 Å². The number of hydrogen-bond donors (Lipinski definition) is 1. The molecular formula is C23H24F3N7O3S. The first-order chi connectivity index (χ1) is 17.5. The number of nitrogens with one attached hydrogen (secondary N) is 1. The molecule has 196 valence electrons. The van der Waals surface area contributed by atoms with Gasteiger partial charge in [-0.05, 0) is 31.0 Å². The number of fused-ring (bicyclic) bond motifs is 3. The molecule has 4 aromatic rings. The molecule has 0 aliphatic carbocycles. The highest BCUT2D eigenvalue weighted by Crippen LogP contribution is 2.35. The minimum Gasteiger partial charge on any atom is -0.329 e. The number of carbonyl (C=O) groups is 1. The average Bonchev–Trinajstić information content (AvgIpc) is 3.57. The Morgan fingerprint density at radius 3 is 2.54 bits per heavy atom. The number of benzene rings is 1. The van der Waals surface area contributed by atoms with Crippen LogP contribution in [0.25, 0.3) is 16.8 Å². The molecule has 5 rings (SSSR count). The highest BCUT2D eigenvalue weighted by atomic mass is 32.2. The van der Waals surface area contributed by atoms with Gasteiger partial charge in [0.15, 0.2) is 11.3 Å². The van der Waals surface area contributed by atoms with Gasteiger partial charge in [-0.3, -0.25) is 4.40 Å². The van der Waals surface area contributed by atoms with Crippen molar-refractivity contribution in [1.29, 1.82) is 0 Å². The van der Waals surface area contributed by atoms with Crippen LogP contribution in [-0.4, -0.2) is 68.7 Å². The summed E-state index contributed by atoms with van der Waals surface area (Å²) in [5.41, 5.74) is 1.96. The Kier molecular flexibility index (Phi) is 6.09. The van der Waals surface area contributed by atoms with Crippen LogP contribution in [0.2, 0.25) is 0 Å². The van der Waals surface area contributed by atoms with Gasteiger partial charge < -0.3 is 10.2 Å². The lowest BCUT2D eigenvalue weighted by Gasteiger charge is -2.18. The van der Waals surface area contributed by atoms with Crippen molar-refractivity contribution in [3.8, 4) is 0 Å². The van der Waals surface area contributed by atoms with Crippen LogP contribution < -0.4 is 5.32 Å². The predicted octanol–water partition coefficient (Wildman–Crippen LogP) is 3.32. The summed E-state index contributed by atoms with van der Waals surface area (Å²) in [4.78, 5) is 18.2. The van der Waals surface area contributed by atoms with Crippen LogP contribution in [-0.2, 0) is 10.0 Å². The number of urea groups is 1. The van der Waals surface area contributed by atoms with Crippen molar-refractivity contribution in [2.24, 2.45) is 5.92 Å². The van der Waals surface area contributed by atoms with Crippen molar-refractivity contribution >= 4 is 32.9 Å². The van der Waals surface area contributed by atoms with E-state index in [0.29, 0.717) is 23.4 Å². The molecule has 1 aromatic carbocycles. The molecule has 37 heavy (non-hydrogen) atoms. The van der Waals surface area contributed by atoms with E-state index < -0.39 is 28.8 Å². The van der Waals surface area contributed by atoms with Gasteiger partial charge in [0.25, 0.3) is 10.0 Å². The average molecular weight is 536 g/mol. The maximum Gasteiger partial charge on any atom is 0.405 e. The maximum atomic E-state index is 13.3. The van der Waals surface area contributed by atoms with E-state index in [1.807, 2.05) is 19.2 Å². The van der Waals surface area contributed by atoms with Crippen LogP contribution in [0.5, 0.6) is 0 Å². The van der Waals surface area contributed by atoms with Gasteiger partial charge in [0.2, 0.25) is 0 Å². The SMILES string of the molecule is CCC1CN(C(=O)NCC(F)(F)F)CC1c1nnc2cnc3c(ccn3S(=O)(=O)c3ccc(C)cc3)n12. The Bertz CT molecular complexity index is 1580. The van der Waals surface area contributed by atoms with Gasteiger partial charge in [0.1, 0.15) is 12.4 Å². The zero-order chi connectivity index (χ0) is 26.5. The minimum atomic E-state index is -4.51. The van der Waals surface area contributed by atoms with Crippen LogP contribution in [0.15, 0.2) is 47.6 Å². The lowest BCUT2D eigenvalue weighted by Crippen LogP contribution is -2.42. The number of rotatable bonds is 5. The summed E-state index contributed by atoms with van der Waals surface area (Å²) in [5, 5.41) is 10.4. The quantitative estimate of drug-likeness (QED) is 0.419. The molecule has 1 fully saturated rings. The zero-order valence-corrected chi connectivity index (χ0v) is 20.8. The summed E-state index contributed by atoms with van der Waals surface area (Å²) >= 11 is 0. The summed E-state index contributed by atoms with van der Waals surface area (Å²) in [6.45, 7) is 2.79. The summed E-state index contributed by atoms with van der Waals surface area (Å²) in [6.07, 6.45) is -1.02. The number of amides is 2. The van der Waals surface area contributed by atoms with Crippen molar-refractivity contribution < 1.29 is 26.4 Å². The molecule has 0 radical (unpaired) electrons. The van der Waals surface area contributed by atoms with E-state index in [0.717, 1.165) is 9.54 Å². The van der Waals surface area contributed by atoms with E-state index in [9.17, 15) is 26.4 Å². The van der Waals surface area contributed by atoms with Crippen molar-refractivity contribution in [2.75, 3.05) is 19.6 Å². The molecular weight excluding hydrogens is 511 g/mol. The lowest BCUT2D eigenvalue weighted by molar-refractivity contribution is -0.123. The van der Waals surface area contributed by atoms with Gasteiger partial charge >= 0.3 is 12.2 Å². The number of carbonyl (C=O) groups excluding carboxylic acids is 1. The van der Waals surface area contributed by atoms with Crippen molar-refractivity contribution in [3.05, 3.63) is 54.1 Å². The second-order valence-electron chi connectivity index (χ2n) is 9.10. The Labute approximate surface area is 210 Å². The Hall–Kier alpha value is -3.68. The fourth-order valence-corrected chi connectivity index (χ4v) is 6.04. The fourth-order valence-electron chi connectivity index (χ4n) is 4.74. The molecule has 14 heteroatoms. The molecule has 0 saturated carbocycles. The lowest BCUT2D eigenvalue weighted by atomic mass is 9.93. The van der Waals surface area contributed by atoms with Gasteiger partial charge in [-0.15, -0.1) is 10.2 Å². The largest absolute Gasteiger partial charge is 0.405 e. The van der Waals surface area contributed by atoms with Crippen molar-refractivity contribution in [1.82, 2.24) is 33.8 Å². The number of aromatic nitrogens is 5. The highest BCUT2D eigenvalue weighted by molar-refractivity contribution is 7.90. The first-order valence-corrected chi connectivity index (χ1v) is 13.1. The van der Waals surface area contributed by atoms with Crippen molar-refractivity contribution in [3.63, 3.8) is 0 Å². The molecule has 10 nitrogen and oxygen atoms in total. The molecule has 2 unspecified atom stereocenters. The Balaban J connectivity index is 1.52. The first-order valence-electron chi connectivity index (χ1n) is 11.6. The van der Waals surface area contributed by atoms with Crippen LogP contribution in [0.4, 0.5) is 18.0 Å². The van der Waals surface area contributed by atoms with Crippen molar-refractivity contribution in [2.45, 2.75) is 37.3 Å². The van der Waals surface area contributed by atoms with E-state index in [4.69, 9.17) is 0 Å². The van der Waals surface area contributed by atoms with Crippen LogP contribution in [0.3, 0.4) is 0 Å². The molecule has 4 heterocycles. The first kappa shape index (κ1) is 25.0. The molecule has 1 aliphatic rings. The van der Waals surface area contributed by atoms with E-state index >= 15 is 0 Å². The molecule has 1 N–H and O–H groups in total. The van der Waals surface area contributed by atoms with Crippen LogP contribution in [0, 0.1) is 12.8 Å². The third-order valence-corrected chi connectivity index (χ3v) is 8.34. The molecule has 0 bridgehead atoms. The third-order valence-electron chi connectivity index (χ3n) is 6.66. The number of aryl methyl sites for hydroxylation is 1. The molecule has 0 spiro atoms. The maximum absolute atomic E-state index is 13.3. The standard InChI is InChI=1S/C23H24F3N7O3S/c1-3-15-11-31(22(34)28-13-23(24,25)26)12-17(15)20-30-29-19-10-27-21-18(33(19)20)8-9-32(21)37(35,36)16-6-4-14(2)5-7-16/h4-10,15,17H,3,11-13H2,1-2H3,(H,28,34). The normalized spacial score (nSPS) is 18.7. The molecule has 1 aliphatic heterocycles.